The van der Waals surface area contributed by atoms with E-state index in [0.29, 0.717) is 6.42 Å². The summed E-state index contributed by atoms with van der Waals surface area (Å²) in [5.41, 5.74) is 0.760. The Kier molecular flexibility index (Phi) is 4.25. The molecule has 0 amide bonds. The number of hydrogen-bond donors (Lipinski definition) is 1. The zero-order valence-electron chi connectivity index (χ0n) is 9.63. The topological polar surface area (TPSA) is 80.7 Å². The van der Waals surface area contributed by atoms with E-state index in [0.717, 1.165) is 18.9 Å². The highest BCUT2D eigenvalue weighted by atomic mass is 32.2. The summed E-state index contributed by atoms with van der Waals surface area (Å²) in [6.07, 6.45) is 1.53. The molecule has 0 saturated heterocycles. The third kappa shape index (κ3) is 3.83. The highest BCUT2D eigenvalue weighted by Crippen LogP contribution is 2.25. The lowest BCUT2D eigenvalue weighted by Crippen LogP contribution is -2.08. The molecule has 1 aromatic carbocycles. The van der Waals surface area contributed by atoms with Crippen LogP contribution < -0.4 is 4.74 Å². The molecule has 0 fully saturated rings. The van der Waals surface area contributed by atoms with Gasteiger partial charge >= 0.3 is 5.97 Å². The van der Waals surface area contributed by atoms with E-state index in [1.807, 2.05) is 6.92 Å². The molecule has 1 N–H and O–H groups in total. The van der Waals surface area contributed by atoms with Crippen molar-refractivity contribution in [1.82, 2.24) is 0 Å². The molecule has 0 bridgehead atoms. The Morgan fingerprint density at radius 1 is 1.41 bits per heavy atom. The van der Waals surface area contributed by atoms with Crippen molar-refractivity contribution in [2.45, 2.75) is 31.6 Å². The van der Waals surface area contributed by atoms with E-state index in [2.05, 4.69) is 0 Å². The van der Waals surface area contributed by atoms with Crippen molar-refractivity contribution in [1.29, 1.82) is 0 Å². The Morgan fingerprint density at radius 3 is 2.53 bits per heavy atom. The maximum absolute atomic E-state index is 11.2. The Labute approximate surface area is 100 Å². The average molecular weight is 258 g/mol. The average Bonchev–Trinajstić information content (AvgIpc) is 2.18. The lowest BCUT2D eigenvalue weighted by Gasteiger charge is -2.08. The second kappa shape index (κ2) is 5.29. The first-order chi connectivity index (χ1) is 7.84. The molecule has 0 aliphatic rings. The molecule has 0 spiro atoms. The maximum Gasteiger partial charge on any atom is 0.308 e. The normalized spacial score (nSPS) is 11.2. The first-order valence-corrected chi connectivity index (χ1v) is 6.57. The van der Waals surface area contributed by atoms with Gasteiger partial charge in [-0.2, -0.15) is 8.42 Å². The molecular weight excluding hydrogens is 244 g/mol. The predicted molar refractivity (Wildman–Crippen MR) is 61.6 cm³/mol. The van der Waals surface area contributed by atoms with Crippen LogP contribution in [0.3, 0.4) is 0 Å². The summed E-state index contributed by atoms with van der Waals surface area (Å²) in [5.74, 6) is -0.794. The van der Waals surface area contributed by atoms with Gasteiger partial charge < -0.3 is 4.74 Å². The monoisotopic (exact) mass is 258 g/mol. The van der Waals surface area contributed by atoms with Crippen LogP contribution in [-0.4, -0.2) is 18.9 Å². The van der Waals surface area contributed by atoms with Gasteiger partial charge in [0.25, 0.3) is 10.1 Å². The van der Waals surface area contributed by atoms with Crippen LogP contribution in [0.5, 0.6) is 5.75 Å². The van der Waals surface area contributed by atoms with Crippen LogP contribution in [0.15, 0.2) is 23.1 Å². The molecule has 0 unspecified atom stereocenters. The fourth-order valence-electron chi connectivity index (χ4n) is 1.44. The van der Waals surface area contributed by atoms with Gasteiger partial charge in [-0.25, -0.2) is 0 Å². The van der Waals surface area contributed by atoms with Crippen LogP contribution in [0.2, 0.25) is 0 Å². The van der Waals surface area contributed by atoms with Gasteiger partial charge in [0.05, 0.1) is 0 Å². The molecule has 5 nitrogen and oxygen atoms in total. The second-order valence-corrected chi connectivity index (χ2v) is 4.99. The van der Waals surface area contributed by atoms with Crippen LogP contribution in [-0.2, 0) is 21.3 Å². The number of benzene rings is 1. The fourth-order valence-corrected chi connectivity index (χ4v) is 2.10. The largest absolute Gasteiger partial charge is 0.425 e. The quantitative estimate of drug-likeness (QED) is 0.506. The molecule has 94 valence electrons. The van der Waals surface area contributed by atoms with E-state index in [1.54, 1.807) is 6.07 Å². The van der Waals surface area contributed by atoms with Gasteiger partial charge in [-0.1, -0.05) is 19.4 Å². The molecule has 0 radical (unpaired) electrons. The van der Waals surface area contributed by atoms with E-state index >= 15 is 0 Å². The van der Waals surface area contributed by atoms with Gasteiger partial charge in [0.15, 0.2) is 5.75 Å². The number of carbonyl (C=O) groups is 1. The molecule has 0 saturated carbocycles. The lowest BCUT2D eigenvalue weighted by molar-refractivity contribution is -0.132. The van der Waals surface area contributed by atoms with Crippen molar-refractivity contribution in [3.05, 3.63) is 23.8 Å². The molecule has 0 aliphatic carbocycles. The molecule has 0 heterocycles. The zero-order valence-corrected chi connectivity index (χ0v) is 10.5. The first kappa shape index (κ1) is 13.7. The number of aryl methyl sites for hydroxylation is 1. The Hall–Kier alpha value is -1.40. The maximum atomic E-state index is 11.2. The minimum Gasteiger partial charge on any atom is -0.425 e. The van der Waals surface area contributed by atoms with E-state index in [4.69, 9.17) is 9.29 Å². The van der Waals surface area contributed by atoms with Crippen LogP contribution in [0.25, 0.3) is 0 Å². The molecule has 0 aromatic heterocycles. The number of hydrogen-bond acceptors (Lipinski definition) is 4. The Morgan fingerprint density at radius 2 is 2.06 bits per heavy atom. The van der Waals surface area contributed by atoms with Crippen LogP contribution >= 0.6 is 0 Å². The minimum atomic E-state index is -4.40. The van der Waals surface area contributed by atoms with Crippen LogP contribution in [0, 0.1) is 0 Å². The van der Waals surface area contributed by atoms with Gasteiger partial charge in [-0.05, 0) is 24.1 Å². The minimum absolute atomic E-state index is 0.153. The molecular formula is C11H14O5S. The van der Waals surface area contributed by atoms with Gasteiger partial charge in [0, 0.05) is 6.92 Å². The van der Waals surface area contributed by atoms with Crippen LogP contribution in [0.4, 0.5) is 0 Å². The predicted octanol–water partition coefficient (Wildman–Crippen LogP) is 1.81. The van der Waals surface area contributed by atoms with E-state index in [9.17, 15) is 13.2 Å². The molecule has 6 heteroatoms. The Balaban J connectivity index is 3.27. The SMILES string of the molecule is CCCc1ccc(OC(C)=O)c(S(=O)(=O)O)c1. The summed E-state index contributed by atoms with van der Waals surface area (Å²) >= 11 is 0. The van der Waals surface area contributed by atoms with E-state index < -0.39 is 16.1 Å². The molecule has 1 aromatic rings. The van der Waals surface area contributed by atoms with E-state index in [1.165, 1.54) is 12.1 Å². The smallest absolute Gasteiger partial charge is 0.308 e. The standard InChI is InChI=1S/C11H14O5S/c1-3-4-9-5-6-10(16-8(2)12)11(7-9)17(13,14)15/h5-7H,3-4H2,1-2H3,(H,13,14,15). The van der Waals surface area contributed by atoms with Crippen LogP contribution in [0.1, 0.15) is 25.8 Å². The Bertz CT molecular complexity index is 519. The van der Waals surface area contributed by atoms with Crippen molar-refractivity contribution in [3.8, 4) is 5.75 Å². The van der Waals surface area contributed by atoms with Crippen molar-refractivity contribution in [2.75, 3.05) is 0 Å². The number of esters is 1. The summed E-state index contributed by atoms with van der Waals surface area (Å²) in [7, 11) is -4.40. The van der Waals surface area contributed by atoms with E-state index in [-0.39, 0.29) is 10.6 Å². The van der Waals surface area contributed by atoms with Gasteiger partial charge in [0.2, 0.25) is 0 Å². The second-order valence-electron chi connectivity index (χ2n) is 3.60. The summed E-state index contributed by atoms with van der Waals surface area (Å²) in [4.78, 5) is 10.4. The van der Waals surface area contributed by atoms with Crippen molar-refractivity contribution < 1.29 is 22.5 Å². The number of rotatable bonds is 4. The highest BCUT2D eigenvalue weighted by Gasteiger charge is 2.18. The molecule has 0 aliphatic heterocycles. The summed E-state index contributed by atoms with van der Waals surface area (Å²) in [5, 5.41) is 0. The summed E-state index contributed by atoms with van der Waals surface area (Å²) in [6.45, 7) is 3.11. The molecule has 0 atom stereocenters. The van der Waals surface area contributed by atoms with Gasteiger partial charge in [-0.15, -0.1) is 0 Å². The highest BCUT2D eigenvalue weighted by molar-refractivity contribution is 7.86. The fraction of sp³-hybridized carbons (Fsp3) is 0.364. The third-order valence-electron chi connectivity index (χ3n) is 2.08. The lowest BCUT2D eigenvalue weighted by atomic mass is 10.1. The molecule has 17 heavy (non-hydrogen) atoms. The molecule has 1 rings (SSSR count). The first-order valence-electron chi connectivity index (χ1n) is 5.13. The summed E-state index contributed by atoms with van der Waals surface area (Å²) in [6, 6.07) is 4.35. The van der Waals surface area contributed by atoms with Crippen molar-refractivity contribution in [3.63, 3.8) is 0 Å². The van der Waals surface area contributed by atoms with Crippen molar-refractivity contribution >= 4 is 16.1 Å². The summed E-state index contributed by atoms with van der Waals surface area (Å²) < 4.78 is 36.1. The zero-order chi connectivity index (χ0) is 13.1. The van der Waals surface area contributed by atoms with Crippen molar-refractivity contribution in [2.24, 2.45) is 0 Å². The third-order valence-corrected chi connectivity index (χ3v) is 2.95. The number of ether oxygens (including phenoxy) is 1. The number of carbonyl (C=O) groups excluding carboxylic acids is 1. The van der Waals surface area contributed by atoms with Gasteiger partial charge in [0.1, 0.15) is 4.90 Å². The van der Waals surface area contributed by atoms with Gasteiger partial charge in [-0.3, -0.25) is 9.35 Å².